The molecule has 2 aromatic rings. The van der Waals surface area contributed by atoms with Crippen molar-refractivity contribution in [2.45, 2.75) is 46.0 Å². The third-order valence-corrected chi connectivity index (χ3v) is 7.39. The molecule has 2 aliphatic heterocycles. The van der Waals surface area contributed by atoms with Gasteiger partial charge < -0.3 is 14.4 Å². The van der Waals surface area contributed by atoms with Crippen LogP contribution in [0.25, 0.3) is 6.08 Å². The summed E-state index contributed by atoms with van der Waals surface area (Å²) in [5.41, 5.74) is 2.97. The molecule has 4 rings (SSSR count). The van der Waals surface area contributed by atoms with E-state index in [4.69, 9.17) is 9.47 Å². The van der Waals surface area contributed by atoms with Crippen LogP contribution in [0.15, 0.2) is 47.4 Å². The number of aryl methyl sites for hydroxylation is 1. The number of nitrogens with zero attached hydrogens (tertiary/aromatic N) is 2. The van der Waals surface area contributed by atoms with Gasteiger partial charge in [0.1, 0.15) is 18.1 Å². The highest BCUT2D eigenvalue weighted by atomic mass is 32.2. The zero-order valence-electron chi connectivity index (χ0n) is 21.7. The highest BCUT2D eigenvalue weighted by molar-refractivity contribution is 8.18. The van der Waals surface area contributed by atoms with Gasteiger partial charge in [0.05, 0.1) is 11.4 Å². The van der Waals surface area contributed by atoms with Crippen LogP contribution in [0.4, 0.5) is 4.79 Å². The highest BCUT2D eigenvalue weighted by Crippen LogP contribution is 2.33. The average molecular weight is 523 g/mol. The smallest absolute Gasteiger partial charge is 0.293 e. The topological polar surface area (TPSA) is 76.2 Å². The molecule has 8 heteroatoms. The second-order valence-corrected chi connectivity index (χ2v) is 10.7. The number of thioether (sulfide) groups is 1. The lowest BCUT2D eigenvalue weighted by molar-refractivity contribution is -0.134. The number of ether oxygens (including phenoxy) is 2. The second-order valence-electron chi connectivity index (χ2n) is 9.68. The third kappa shape index (κ3) is 6.95. The van der Waals surface area contributed by atoms with Gasteiger partial charge in [-0.25, -0.2) is 0 Å². The van der Waals surface area contributed by atoms with Crippen LogP contribution in [0.3, 0.4) is 0 Å². The molecule has 0 N–H and O–H groups in total. The Balaban J connectivity index is 1.30. The van der Waals surface area contributed by atoms with Crippen molar-refractivity contribution in [3.8, 4) is 11.5 Å². The first-order valence-electron chi connectivity index (χ1n) is 12.8. The Morgan fingerprint density at radius 3 is 2.46 bits per heavy atom. The third-order valence-electron chi connectivity index (χ3n) is 6.49. The van der Waals surface area contributed by atoms with Crippen molar-refractivity contribution in [2.75, 3.05) is 32.8 Å². The molecule has 7 nitrogen and oxygen atoms in total. The van der Waals surface area contributed by atoms with Gasteiger partial charge in [-0.05, 0) is 84.8 Å². The molecular formula is C29H34N2O5S. The number of hydrogen-bond acceptors (Lipinski definition) is 6. The summed E-state index contributed by atoms with van der Waals surface area (Å²) < 4.78 is 11.6. The van der Waals surface area contributed by atoms with Crippen molar-refractivity contribution in [1.82, 2.24) is 9.80 Å². The summed E-state index contributed by atoms with van der Waals surface area (Å²) in [6.07, 6.45) is 4.97. The number of piperidine rings is 1. The van der Waals surface area contributed by atoms with Crippen molar-refractivity contribution in [3.05, 3.63) is 64.1 Å². The Labute approximate surface area is 222 Å². The predicted molar refractivity (Wildman–Crippen MR) is 146 cm³/mol. The average Bonchev–Trinajstić information content (AvgIpc) is 3.15. The van der Waals surface area contributed by atoms with Gasteiger partial charge in [0.15, 0.2) is 6.61 Å². The Bertz CT molecular complexity index is 1170. The fourth-order valence-electron chi connectivity index (χ4n) is 4.37. The first-order valence-corrected chi connectivity index (χ1v) is 13.6. The monoisotopic (exact) mass is 522 g/mol. The minimum Gasteiger partial charge on any atom is -0.491 e. The van der Waals surface area contributed by atoms with E-state index in [1.54, 1.807) is 18.2 Å². The molecule has 3 amide bonds. The fraction of sp³-hybridized carbons (Fsp3) is 0.414. The normalized spacial score (nSPS) is 17.1. The fourth-order valence-corrected chi connectivity index (χ4v) is 5.24. The summed E-state index contributed by atoms with van der Waals surface area (Å²) >= 11 is 0.929. The maximum atomic E-state index is 12.9. The maximum Gasteiger partial charge on any atom is 0.293 e. The molecule has 0 atom stereocenters. The molecule has 2 aromatic carbocycles. The molecule has 0 spiro atoms. The molecule has 2 saturated heterocycles. The molecular weight excluding hydrogens is 488 g/mol. The summed E-state index contributed by atoms with van der Waals surface area (Å²) in [5, 5.41) is -0.302. The largest absolute Gasteiger partial charge is 0.491 e. The standard InChI is InChI=1S/C29H34N2O5S/c1-20(2)24-12-7-21(3)17-25(24)35-16-15-31-28(33)26(37-29(31)34)18-22-8-10-23(11-9-22)36-19-27(32)30-13-5-4-6-14-30/h7-12,17-18,20H,4-6,13-16,19H2,1-3H3/b26-18-. The van der Waals surface area contributed by atoms with Gasteiger partial charge in [-0.1, -0.05) is 38.1 Å². The maximum absolute atomic E-state index is 12.9. The molecule has 0 radical (unpaired) electrons. The molecule has 2 fully saturated rings. The van der Waals surface area contributed by atoms with E-state index in [1.165, 1.54) is 11.3 Å². The molecule has 0 saturated carbocycles. The van der Waals surface area contributed by atoms with E-state index < -0.39 is 0 Å². The molecule has 0 bridgehead atoms. The van der Waals surface area contributed by atoms with Gasteiger partial charge in [-0.3, -0.25) is 19.3 Å². The van der Waals surface area contributed by atoms with Gasteiger partial charge >= 0.3 is 0 Å². The summed E-state index contributed by atoms with van der Waals surface area (Å²) in [4.78, 5) is 41.1. The van der Waals surface area contributed by atoms with E-state index in [9.17, 15) is 14.4 Å². The summed E-state index contributed by atoms with van der Waals surface area (Å²) in [5.74, 6) is 1.37. The Hall–Kier alpha value is -3.26. The quantitative estimate of drug-likeness (QED) is 0.398. The second kappa shape index (κ2) is 12.3. The Kier molecular flexibility index (Phi) is 8.92. The summed E-state index contributed by atoms with van der Waals surface area (Å²) in [7, 11) is 0. The van der Waals surface area contributed by atoms with Gasteiger partial charge in [0.2, 0.25) is 0 Å². The molecule has 0 aromatic heterocycles. The van der Waals surface area contributed by atoms with Crippen LogP contribution in [0.1, 0.15) is 55.7 Å². The van der Waals surface area contributed by atoms with Crippen molar-refractivity contribution in [3.63, 3.8) is 0 Å². The number of amides is 3. The number of hydrogen-bond donors (Lipinski definition) is 0. The lowest BCUT2D eigenvalue weighted by atomic mass is 10.0. The van der Waals surface area contributed by atoms with E-state index in [0.717, 1.165) is 60.1 Å². The minimum atomic E-state index is -0.320. The molecule has 196 valence electrons. The van der Waals surface area contributed by atoms with Gasteiger partial charge in [0, 0.05) is 13.1 Å². The van der Waals surface area contributed by atoms with E-state index >= 15 is 0 Å². The van der Waals surface area contributed by atoms with Crippen LogP contribution in [0, 0.1) is 6.92 Å². The van der Waals surface area contributed by atoms with Gasteiger partial charge in [0.25, 0.3) is 17.1 Å². The number of benzene rings is 2. The predicted octanol–water partition coefficient (Wildman–Crippen LogP) is 5.63. The van der Waals surface area contributed by atoms with E-state index in [-0.39, 0.29) is 36.8 Å². The molecule has 2 aliphatic rings. The zero-order chi connectivity index (χ0) is 26.4. The summed E-state index contributed by atoms with van der Waals surface area (Å²) in [6, 6.07) is 13.2. The molecule has 0 unspecified atom stereocenters. The van der Waals surface area contributed by atoms with Crippen molar-refractivity contribution < 1.29 is 23.9 Å². The van der Waals surface area contributed by atoms with Crippen LogP contribution in [-0.4, -0.2) is 59.7 Å². The van der Waals surface area contributed by atoms with Crippen LogP contribution in [0.2, 0.25) is 0 Å². The molecule has 37 heavy (non-hydrogen) atoms. The first kappa shape index (κ1) is 26.8. The number of carbonyl (C=O) groups excluding carboxylic acids is 3. The number of rotatable bonds is 9. The number of imide groups is 1. The molecule has 0 aliphatic carbocycles. The number of carbonyl (C=O) groups is 3. The van der Waals surface area contributed by atoms with E-state index in [2.05, 4.69) is 26.0 Å². The van der Waals surface area contributed by atoms with Gasteiger partial charge in [-0.15, -0.1) is 0 Å². The van der Waals surface area contributed by atoms with Crippen LogP contribution in [0.5, 0.6) is 11.5 Å². The SMILES string of the molecule is Cc1ccc(C(C)C)c(OCCN2C(=O)S/C(=C\c3ccc(OCC(=O)N4CCCCC4)cc3)C2=O)c1. The minimum absolute atomic E-state index is 0.00394. The highest BCUT2D eigenvalue weighted by Gasteiger charge is 2.34. The van der Waals surface area contributed by atoms with Crippen LogP contribution >= 0.6 is 11.8 Å². The first-order chi connectivity index (χ1) is 17.8. The van der Waals surface area contributed by atoms with Crippen LogP contribution < -0.4 is 9.47 Å². The zero-order valence-corrected chi connectivity index (χ0v) is 22.5. The Morgan fingerprint density at radius 1 is 1.03 bits per heavy atom. The van der Waals surface area contributed by atoms with E-state index in [1.807, 2.05) is 30.0 Å². The lowest BCUT2D eigenvalue weighted by Crippen LogP contribution is -2.38. The van der Waals surface area contributed by atoms with E-state index in [0.29, 0.717) is 16.6 Å². The van der Waals surface area contributed by atoms with Crippen molar-refractivity contribution >= 4 is 34.9 Å². The van der Waals surface area contributed by atoms with Crippen molar-refractivity contribution in [2.24, 2.45) is 0 Å². The molecule has 2 heterocycles. The van der Waals surface area contributed by atoms with Crippen molar-refractivity contribution in [1.29, 1.82) is 0 Å². The lowest BCUT2D eigenvalue weighted by Gasteiger charge is -2.26. The number of likely N-dealkylation sites (tertiary alicyclic amines) is 1. The summed E-state index contributed by atoms with van der Waals surface area (Å²) in [6.45, 7) is 8.25. The van der Waals surface area contributed by atoms with Gasteiger partial charge in [-0.2, -0.15) is 0 Å². The Morgan fingerprint density at radius 2 is 1.76 bits per heavy atom. The van der Waals surface area contributed by atoms with Crippen LogP contribution in [-0.2, 0) is 9.59 Å².